The van der Waals surface area contributed by atoms with E-state index in [0.29, 0.717) is 43.4 Å². The van der Waals surface area contributed by atoms with Crippen molar-refractivity contribution in [2.45, 2.75) is 51.7 Å². The van der Waals surface area contributed by atoms with Crippen molar-refractivity contribution in [1.29, 1.82) is 0 Å². The van der Waals surface area contributed by atoms with Crippen molar-refractivity contribution in [1.82, 2.24) is 14.5 Å². The molecule has 12 nitrogen and oxygen atoms in total. The van der Waals surface area contributed by atoms with Gasteiger partial charge >= 0.3 is 5.69 Å². The van der Waals surface area contributed by atoms with Gasteiger partial charge in [-0.1, -0.05) is 19.6 Å². The van der Waals surface area contributed by atoms with Gasteiger partial charge in [-0.2, -0.15) is 4.98 Å². The number of ether oxygens (including phenoxy) is 3. The Hall–Kier alpha value is -3.16. The van der Waals surface area contributed by atoms with E-state index in [1.807, 2.05) is 21.7 Å². The second kappa shape index (κ2) is 11.8. The molecule has 5 rings (SSSR count). The zero-order chi connectivity index (χ0) is 28.3. The van der Waals surface area contributed by atoms with E-state index in [4.69, 9.17) is 24.9 Å². The molecular formula is C27H41N7O5Si. The number of hydrogen-bond donors (Lipinski definition) is 1. The Balaban J connectivity index is 1.15. The van der Waals surface area contributed by atoms with E-state index < -0.39 is 13.0 Å². The second-order valence-electron chi connectivity index (χ2n) is 12.3. The molecule has 1 spiro atoms. The van der Waals surface area contributed by atoms with E-state index in [1.165, 1.54) is 6.07 Å². The zero-order valence-corrected chi connectivity index (χ0v) is 24.8. The summed E-state index contributed by atoms with van der Waals surface area (Å²) in [7, 11) is -1.13. The minimum absolute atomic E-state index is 0.0588. The maximum Gasteiger partial charge on any atom is 0.331 e. The minimum atomic E-state index is -1.13. The molecule has 0 aliphatic carbocycles. The Morgan fingerprint density at radius 2 is 1.95 bits per heavy atom. The Kier molecular flexibility index (Phi) is 8.33. The van der Waals surface area contributed by atoms with Crippen molar-refractivity contribution in [3.05, 3.63) is 45.2 Å². The van der Waals surface area contributed by atoms with Crippen LogP contribution in [0, 0.1) is 15.5 Å². The maximum atomic E-state index is 11.6. The van der Waals surface area contributed by atoms with Gasteiger partial charge < -0.3 is 34.3 Å². The quantitative estimate of drug-likeness (QED) is 0.176. The molecule has 2 saturated heterocycles. The molecule has 5 heterocycles. The molecule has 0 radical (unpaired) electrons. The number of hydrogen-bond acceptors (Lipinski definition) is 10. The SMILES string of the molecule is C[Si](C)(C)CCOCn1ccc2c1=NCN(CCCOc1nc(N3CCC4(CC3)COC4)ccc1[N+](=O)[O-])C=2N. The number of nitrogens with zero attached hydrogens (tertiary/aromatic N) is 6. The highest BCUT2D eigenvalue weighted by atomic mass is 28.3. The van der Waals surface area contributed by atoms with Gasteiger partial charge in [0.25, 0.3) is 5.88 Å². The van der Waals surface area contributed by atoms with Crippen LogP contribution in [0.1, 0.15) is 19.3 Å². The summed E-state index contributed by atoms with van der Waals surface area (Å²) in [5.41, 5.74) is 7.51. The Bertz CT molecular complexity index is 1330. The van der Waals surface area contributed by atoms with Crippen LogP contribution in [0.4, 0.5) is 11.5 Å². The third kappa shape index (κ3) is 6.42. The highest BCUT2D eigenvalue weighted by Crippen LogP contribution is 2.39. The highest BCUT2D eigenvalue weighted by molar-refractivity contribution is 6.76. The van der Waals surface area contributed by atoms with E-state index in [9.17, 15) is 10.1 Å². The van der Waals surface area contributed by atoms with Gasteiger partial charge in [-0.05, 0) is 37.4 Å². The van der Waals surface area contributed by atoms with Gasteiger partial charge in [0, 0.05) is 52.0 Å². The van der Waals surface area contributed by atoms with Crippen molar-refractivity contribution in [2.75, 3.05) is 57.6 Å². The summed E-state index contributed by atoms with van der Waals surface area (Å²) in [6.07, 6.45) is 4.65. The smallest absolute Gasteiger partial charge is 0.331 e. The molecule has 2 aromatic rings. The lowest BCUT2D eigenvalue weighted by Gasteiger charge is -2.47. The molecule has 0 amide bonds. The molecule has 2 fully saturated rings. The number of nitrogens with two attached hydrogens (primary N) is 1. The first-order valence-corrected chi connectivity index (χ1v) is 17.8. The molecule has 0 bridgehead atoms. The van der Waals surface area contributed by atoms with Crippen molar-refractivity contribution < 1.29 is 19.1 Å². The summed E-state index contributed by atoms with van der Waals surface area (Å²) in [6, 6.07) is 6.30. The molecule has 0 aromatic carbocycles. The second-order valence-corrected chi connectivity index (χ2v) is 17.9. The maximum absolute atomic E-state index is 11.6. The van der Waals surface area contributed by atoms with E-state index >= 15 is 0 Å². The van der Waals surface area contributed by atoms with Crippen LogP contribution in [-0.4, -0.2) is 80.2 Å². The normalized spacial score (nSPS) is 18.3. The van der Waals surface area contributed by atoms with E-state index in [1.54, 1.807) is 6.07 Å². The van der Waals surface area contributed by atoms with Gasteiger partial charge in [0.15, 0.2) is 0 Å². The van der Waals surface area contributed by atoms with E-state index in [0.717, 1.165) is 62.5 Å². The standard InChI is InChI=1S/C27H41N7O5Si/c1-40(2,3)16-15-37-20-33-11-7-21-24(28)32(19-29-25(21)33)10-4-14-39-26-22(34(35)36)5-6-23(30-26)31-12-8-27(9-13-31)17-38-18-27/h5-7,11H,4,8-10,12-20,28H2,1-3H3. The predicted molar refractivity (Wildman–Crippen MR) is 154 cm³/mol. The van der Waals surface area contributed by atoms with Crippen molar-refractivity contribution >= 4 is 25.4 Å². The average Bonchev–Trinajstić information content (AvgIpc) is 3.32. The van der Waals surface area contributed by atoms with Gasteiger partial charge in [-0.25, -0.2) is 4.99 Å². The van der Waals surface area contributed by atoms with Gasteiger partial charge in [-0.15, -0.1) is 0 Å². The fourth-order valence-corrected chi connectivity index (χ4v) is 5.99. The molecule has 3 aliphatic heterocycles. The average molecular weight is 572 g/mol. The first-order valence-electron chi connectivity index (χ1n) is 14.1. The van der Waals surface area contributed by atoms with Crippen LogP contribution in [0.2, 0.25) is 25.7 Å². The lowest BCUT2D eigenvalue weighted by atomic mass is 9.77. The summed E-state index contributed by atoms with van der Waals surface area (Å²) < 4.78 is 19.2. The molecule has 218 valence electrons. The van der Waals surface area contributed by atoms with Crippen LogP contribution >= 0.6 is 0 Å². The van der Waals surface area contributed by atoms with Gasteiger partial charge in [0.05, 0.1) is 30.0 Å². The fourth-order valence-electron chi connectivity index (χ4n) is 5.23. The fraction of sp³-hybridized carbons (Fsp3) is 0.630. The van der Waals surface area contributed by atoms with Gasteiger partial charge in [-0.3, -0.25) is 10.1 Å². The number of pyridine rings is 1. The number of aromatic nitrogens is 2. The van der Waals surface area contributed by atoms with Crippen LogP contribution in [0.3, 0.4) is 0 Å². The minimum Gasteiger partial charge on any atom is -0.473 e. The molecular weight excluding hydrogens is 530 g/mol. The summed E-state index contributed by atoms with van der Waals surface area (Å²) in [5, 5.41) is 12.5. The van der Waals surface area contributed by atoms with Gasteiger partial charge in [0.1, 0.15) is 30.5 Å². The topological polar surface area (TPSA) is 134 Å². The van der Waals surface area contributed by atoms with Crippen molar-refractivity contribution in [2.24, 2.45) is 16.1 Å². The summed E-state index contributed by atoms with van der Waals surface area (Å²) in [4.78, 5) is 24.6. The zero-order valence-electron chi connectivity index (χ0n) is 23.8. The van der Waals surface area contributed by atoms with E-state index in [2.05, 4.69) is 29.5 Å². The first kappa shape index (κ1) is 28.4. The largest absolute Gasteiger partial charge is 0.473 e. The third-order valence-corrected chi connectivity index (χ3v) is 9.67. The van der Waals surface area contributed by atoms with E-state index in [-0.39, 0.29) is 18.2 Å². The summed E-state index contributed by atoms with van der Waals surface area (Å²) in [5.74, 6) is 1.44. The lowest BCUT2D eigenvalue weighted by molar-refractivity contribution is -0.386. The molecule has 0 unspecified atom stereocenters. The molecule has 13 heteroatoms. The number of fused-ring (bicyclic) bond motifs is 1. The molecule has 2 aromatic heterocycles. The third-order valence-electron chi connectivity index (χ3n) is 7.97. The first-order chi connectivity index (χ1) is 19.1. The molecule has 0 saturated carbocycles. The summed E-state index contributed by atoms with van der Waals surface area (Å²) in [6.45, 7) is 12.9. The van der Waals surface area contributed by atoms with Crippen LogP contribution in [-0.2, 0) is 16.2 Å². The number of nitro groups is 1. The van der Waals surface area contributed by atoms with Crippen LogP contribution in [0.25, 0.3) is 5.82 Å². The predicted octanol–water partition coefficient (Wildman–Crippen LogP) is 2.11. The molecule has 40 heavy (non-hydrogen) atoms. The van der Waals surface area contributed by atoms with Crippen molar-refractivity contribution in [3.8, 4) is 5.88 Å². The Morgan fingerprint density at radius 3 is 2.62 bits per heavy atom. The van der Waals surface area contributed by atoms with Crippen LogP contribution in [0.15, 0.2) is 29.4 Å². The lowest BCUT2D eigenvalue weighted by Crippen LogP contribution is -2.51. The number of anilines is 1. The molecule has 0 atom stereocenters. The van der Waals surface area contributed by atoms with Crippen molar-refractivity contribution in [3.63, 3.8) is 0 Å². The van der Waals surface area contributed by atoms with Crippen LogP contribution in [0.5, 0.6) is 5.88 Å². The molecule has 2 N–H and O–H groups in total. The van der Waals surface area contributed by atoms with Gasteiger partial charge in [0.2, 0.25) is 0 Å². The Morgan fingerprint density at radius 1 is 1.18 bits per heavy atom. The molecule has 3 aliphatic rings. The number of rotatable bonds is 12. The number of piperidine rings is 1. The Labute approximate surface area is 235 Å². The summed E-state index contributed by atoms with van der Waals surface area (Å²) >= 11 is 0. The highest BCUT2D eigenvalue weighted by Gasteiger charge is 2.41. The van der Waals surface area contributed by atoms with Crippen LogP contribution < -0.4 is 26.1 Å². The monoisotopic (exact) mass is 571 g/mol.